The van der Waals surface area contributed by atoms with Gasteiger partial charge in [0.05, 0.1) is 6.10 Å². The van der Waals surface area contributed by atoms with Gasteiger partial charge < -0.3 is 5.11 Å². The highest BCUT2D eigenvalue weighted by atomic mass is 19.1. The lowest BCUT2D eigenvalue weighted by molar-refractivity contribution is -0.0118. The fraction of sp³-hybridized carbons (Fsp3) is 0.647. The largest absolute Gasteiger partial charge is 0.391 e. The maximum atomic E-state index is 13.2. The summed E-state index contributed by atoms with van der Waals surface area (Å²) in [4.78, 5) is 2.41. The first-order chi connectivity index (χ1) is 9.47. The minimum absolute atomic E-state index is 0.183. The van der Waals surface area contributed by atoms with Gasteiger partial charge in [0.25, 0.3) is 0 Å². The summed E-state index contributed by atoms with van der Waals surface area (Å²) < 4.78 is 13.2. The van der Waals surface area contributed by atoms with Crippen molar-refractivity contribution in [3.05, 3.63) is 35.1 Å². The Hall–Kier alpha value is -0.930. The lowest BCUT2D eigenvalue weighted by Gasteiger charge is -2.42. The molecule has 1 fully saturated rings. The molecule has 0 radical (unpaired) electrons. The minimum atomic E-state index is -0.422. The second-order valence-corrected chi connectivity index (χ2v) is 6.20. The zero-order valence-electron chi connectivity index (χ0n) is 12.8. The first-order valence-corrected chi connectivity index (χ1v) is 7.65. The molecular formula is C17H26FNO. The molecule has 0 amide bonds. The Morgan fingerprint density at radius 2 is 2.00 bits per heavy atom. The van der Waals surface area contributed by atoms with Crippen LogP contribution in [-0.4, -0.2) is 34.7 Å². The van der Waals surface area contributed by atoms with Crippen LogP contribution in [0.5, 0.6) is 0 Å². The topological polar surface area (TPSA) is 23.5 Å². The van der Waals surface area contributed by atoms with Gasteiger partial charge in [0.15, 0.2) is 0 Å². The van der Waals surface area contributed by atoms with Crippen LogP contribution in [0.15, 0.2) is 18.2 Å². The van der Waals surface area contributed by atoms with Crippen LogP contribution >= 0.6 is 0 Å². The van der Waals surface area contributed by atoms with Crippen LogP contribution in [-0.2, 0) is 6.42 Å². The minimum Gasteiger partial charge on any atom is -0.391 e. The van der Waals surface area contributed by atoms with Crippen molar-refractivity contribution in [3.8, 4) is 0 Å². The molecule has 0 bridgehead atoms. The van der Waals surface area contributed by atoms with E-state index in [0.717, 1.165) is 30.6 Å². The van der Waals surface area contributed by atoms with Crippen molar-refractivity contribution in [1.82, 2.24) is 4.90 Å². The van der Waals surface area contributed by atoms with Crippen LogP contribution in [0.1, 0.15) is 44.2 Å². The lowest BCUT2D eigenvalue weighted by Crippen LogP contribution is -2.53. The molecule has 1 aliphatic rings. The van der Waals surface area contributed by atoms with Crippen molar-refractivity contribution >= 4 is 0 Å². The Kier molecular flexibility index (Phi) is 4.82. The van der Waals surface area contributed by atoms with Crippen LogP contribution in [0.4, 0.5) is 4.39 Å². The maximum absolute atomic E-state index is 13.2. The summed E-state index contributed by atoms with van der Waals surface area (Å²) in [5.41, 5.74) is 1.78. The zero-order chi connectivity index (χ0) is 14.8. The summed E-state index contributed by atoms with van der Waals surface area (Å²) >= 11 is 0. The predicted octanol–water partition coefficient (Wildman–Crippen LogP) is 3.30. The zero-order valence-corrected chi connectivity index (χ0v) is 12.8. The molecule has 2 rings (SSSR count). The molecule has 1 aromatic rings. The van der Waals surface area contributed by atoms with E-state index in [9.17, 15) is 9.50 Å². The molecule has 3 heteroatoms. The third-order valence-electron chi connectivity index (χ3n) is 4.98. The highest BCUT2D eigenvalue weighted by Gasteiger charge is 2.38. The number of aliphatic hydroxyl groups is 1. The summed E-state index contributed by atoms with van der Waals surface area (Å²) in [6.07, 6.45) is 3.53. The van der Waals surface area contributed by atoms with E-state index in [2.05, 4.69) is 18.7 Å². The van der Waals surface area contributed by atoms with Gasteiger partial charge in [-0.2, -0.15) is 0 Å². The quantitative estimate of drug-likeness (QED) is 0.894. The molecule has 1 aliphatic heterocycles. The molecule has 1 N–H and O–H groups in total. The Morgan fingerprint density at radius 1 is 1.35 bits per heavy atom. The average molecular weight is 279 g/mol. The van der Waals surface area contributed by atoms with Crippen LogP contribution in [0.25, 0.3) is 0 Å². The van der Waals surface area contributed by atoms with Gasteiger partial charge in [0, 0.05) is 12.0 Å². The standard InChI is InChI=1S/C17H26FNO/c1-4-17(3,19-9-5-6-10-19)16(20)12-14-7-8-15(18)11-13(14)2/h7-8,11,16,20H,4-6,9-10,12H2,1-3H3. The molecule has 0 aromatic heterocycles. The van der Waals surface area contributed by atoms with E-state index in [1.165, 1.54) is 18.9 Å². The van der Waals surface area contributed by atoms with Crippen molar-refractivity contribution in [2.45, 2.75) is 58.1 Å². The second-order valence-electron chi connectivity index (χ2n) is 6.20. The molecule has 2 unspecified atom stereocenters. The number of hydrogen-bond donors (Lipinski definition) is 1. The van der Waals surface area contributed by atoms with E-state index in [0.29, 0.717) is 6.42 Å². The van der Waals surface area contributed by atoms with Crippen LogP contribution < -0.4 is 0 Å². The molecule has 2 nitrogen and oxygen atoms in total. The van der Waals surface area contributed by atoms with Gasteiger partial charge in [-0.25, -0.2) is 4.39 Å². The predicted molar refractivity (Wildman–Crippen MR) is 80.4 cm³/mol. The monoisotopic (exact) mass is 279 g/mol. The average Bonchev–Trinajstić information content (AvgIpc) is 2.95. The number of halogens is 1. The number of aryl methyl sites for hydroxylation is 1. The Balaban J connectivity index is 2.14. The Bertz CT molecular complexity index is 456. The van der Waals surface area contributed by atoms with Gasteiger partial charge in [-0.05, 0) is 69.5 Å². The lowest BCUT2D eigenvalue weighted by atomic mass is 9.85. The Labute approximate surface area is 121 Å². The number of nitrogens with zero attached hydrogens (tertiary/aromatic N) is 1. The molecule has 1 heterocycles. The normalized spacial score (nSPS) is 20.9. The van der Waals surface area contributed by atoms with E-state index < -0.39 is 6.10 Å². The van der Waals surface area contributed by atoms with E-state index >= 15 is 0 Å². The van der Waals surface area contributed by atoms with Crippen LogP contribution in [0, 0.1) is 12.7 Å². The van der Waals surface area contributed by atoms with Crippen molar-refractivity contribution in [1.29, 1.82) is 0 Å². The fourth-order valence-corrected chi connectivity index (χ4v) is 3.21. The number of rotatable bonds is 5. The Morgan fingerprint density at radius 3 is 2.55 bits per heavy atom. The molecule has 0 aliphatic carbocycles. The number of likely N-dealkylation sites (tertiary alicyclic amines) is 1. The smallest absolute Gasteiger partial charge is 0.123 e. The van der Waals surface area contributed by atoms with Gasteiger partial charge in [0.2, 0.25) is 0 Å². The van der Waals surface area contributed by atoms with Crippen molar-refractivity contribution in [2.24, 2.45) is 0 Å². The molecule has 2 atom stereocenters. The SMILES string of the molecule is CCC(C)(C(O)Cc1ccc(F)cc1C)N1CCCC1. The van der Waals surface area contributed by atoms with E-state index in [4.69, 9.17) is 0 Å². The van der Waals surface area contributed by atoms with Crippen molar-refractivity contribution in [3.63, 3.8) is 0 Å². The second kappa shape index (κ2) is 6.23. The van der Waals surface area contributed by atoms with E-state index in [1.54, 1.807) is 12.1 Å². The fourth-order valence-electron chi connectivity index (χ4n) is 3.21. The van der Waals surface area contributed by atoms with E-state index in [1.807, 2.05) is 6.92 Å². The first-order valence-electron chi connectivity index (χ1n) is 7.65. The van der Waals surface area contributed by atoms with Gasteiger partial charge >= 0.3 is 0 Å². The van der Waals surface area contributed by atoms with Gasteiger partial charge in [-0.1, -0.05) is 13.0 Å². The summed E-state index contributed by atoms with van der Waals surface area (Å²) in [6.45, 7) is 8.35. The van der Waals surface area contributed by atoms with Gasteiger partial charge in [-0.15, -0.1) is 0 Å². The number of hydrogen-bond acceptors (Lipinski definition) is 2. The molecule has 0 saturated carbocycles. The van der Waals surface area contributed by atoms with Crippen molar-refractivity contribution in [2.75, 3.05) is 13.1 Å². The summed E-state index contributed by atoms with van der Waals surface area (Å²) in [5, 5.41) is 10.7. The third-order valence-corrected chi connectivity index (χ3v) is 4.98. The highest BCUT2D eigenvalue weighted by molar-refractivity contribution is 5.27. The number of benzene rings is 1. The molecule has 112 valence electrons. The molecular weight excluding hydrogens is 253 g/mol. The highest BCUT2D eigenvalue weighted by Crippen LogP contribution is 2.30. The van der Waals surface area contributed by atoms with Crippen LogP contribution in [0.2, 0.25) is 0 Å². The molecule has 20 heavy (non-hydrogen) atoms. The van der Waals surface area contributed by atoms with Crippen molar-refractivity contribution < 1.29 is 9.50 Å². The summed E-state index contributed by atoms with van der Waals surface area (Å²) in [6, 6.07) is 4.82. The summed E-state index contributed by atoms with van der Waals surface area (Å²) in [5.74, 6) is -0.210. The molecule has 1 saturated heterocycles. The van der Waals surface area contributed by atoms with Gasteiger partial charge in [-0.3, -0.25) is 4.90 Å². The molecule has 1 aromatic carbocycles. The number of aliphatic hydroxyl groups excluding tert-OH is 1. The van der Waals surface area contributed by atoms with Gasteiger partial charge in [0.1, 0.15) is 5.82 Å². The van der Waals surface area contributed by atoms with E-state index in [-0.39, 0.29) is 11.4 Å². The van der Waals surface area contributed by atoms with Crippen LogP contribution in [0.3, 0.4) is 0 Å². The molecule has 0 spiro atoms. The first kappa shape index (κ1) is 15.5. The maximum Gasteiger partial charge on any atom is 0.123 e. The summed E-state index contributed by atoms with van der Waals surface area (Å²) in [7, 11) is 0. The third kappa shape index (κ3) is 3.04.